The van der Waals surface area contributed by atoms with Gasteiger partial charge in [-0.15, -0.1) is 0 Å². The second-order valence-corrected chi connectivity index (χ2v) is 6.16. The van der Waals surface area contributed by atoms with Crippen molar-refractivity contribution in [2.24, 2.45) is 0 Å². The molecule has 1 N–H and O–H groups in total. The van der Waals surface area contributed by atoms with Gasteiger partial charge in [-0.1, -0.05) is 0 Å². The van der Waals surface area contributed by atoms with E-state index >= 15 is 0 Å². The summed E-state index contributed by atoms with van der Waals surface area (Å²) in [6.07, 6.45) is -6.81. The molecule has 0 fully saturated rings. The maximum atomic E-state index is 12.5. The van der Waals surface area contributed by atoms with Gasteiger partial charge in [0, 0.05) is 13.5 Å². The normalized spacial score (nSPS) is 14.0. The van der Waals surface area contributed by atoms with Crippen LogP contribution in [-0.2, 0) is 23.9 Å². The molecule has 1 amide bonds. The average molecular weight is 381 g/mol. The second kappa shape index (κ2) is 10.0. The Morgan fingerprint density at radius 2 is 1.85 bits per heavy atom. The van der Waals surface area contributed by atoms with Crippen molar-refractivity contribution in [1.82, 2.24) is 5.32 Å². The van der Waals surface area contributed by atoms with E-state index in [1.165, 1.54) is 14.0 Å². The van der Waals surface area contributed by atoms with Gasteiger partial charge in [-0.05, 0) is 27.2 Å². The summed E-state index contributed by atoms with van der Waals surface area (Å²) < 4.78 is 47.3. The Kier molecular flexibility index (Phi) is 9.16. The highest BCUT2D eigenvalue weighted by Crippen LogP contribution is 2.30. The number of hydrogen-bond acceptors (Lipinski definition) is 5. The lowest BCUT2D eigenvalue weighted by atomic mass is 10.0. The predicted octanol–water partition coefficient (Wildman–Crippen LogP) is 1.43. The van der Waals surface area contributed by atoms with Gasteiger partial charge in [0.25, 0.3) is 0 Å². The van der Waals surface area contributed by atoms with Crippen LogP contribution in [0, 0.1) is 0 Å². The molecule has 0 radical (unpaired) electrons. The first kappa shape index (κ1) is 23.7. The summed E-state index contributed by atoms with van der Waals surface area (Å²) in [4.78, 5) is 38.0. The molecule has 0 aromatic rings. The summed E-state index contributed by atoms with van der Waals surface area (Å²) in [5, 5.41) is 2.27. The molecule has 0 unspecified atom stereocenters. The Morgan fingerprint density at radius 1 is 1.27 bits per heavy atom. The maximum absolute atomic E-state index is 12.5. The largest absolute Gasteiger partial charge is 0.458 e. The van der Waals surface area contributed by atoms with Crippen molar-refractivity contribution in [3.05, 3.63) is 5.53 Å². The molecule has 0 saturated heterocycles. The van der Waals surface area contributed by atoms with Gasteiger partial charge in [-0.2, -0.15) is 18.0 Å². The first-order valence-electron chi connectivity index (χ1n) is 7.64. The minimum atomic E-state index is -4.55. The van der Waals surface area contributed by atoms with Crippen molar-refractivity contribution < 1.29 is 41.8 Å². The molecule has 0 aromatic carbocycles. The smallest absolute Gasteiger partial charge is 0.392 e. The summed E-state index contributed by atoms with van der Waals surface area (Å²) in [7, 11) is 1.26. The quantitative estimate of drug-likeness (QED) is 0.266. The Bertz CT molecular complexity index is 571. The summed E-state index contributed by atoms with van der Waals surface area (Å²) in [5.74, 6) is -2.47. The molecule has 0 heterocycles. The van der Waals surface area contributed by atoms with Crippen molar-refractivity contribution in [3.63, 3.8) is 0 Å². The fourth-order valence-corrected chi connectivity index (χ4v) is 1.92. The third kappa shape index (κ3) is 9.90. The molecule has 0 aliphatic carbocycles. The molecule has 2 atom stereocenters. The van der Waals surface area contributed by atoms with Crippen LogP contribution in [0.25, 0.3) is 5.53 Å². The Labute approximate surface area is 148 Å². The average Bonchev–Trinajstić information content (AvgIpc) is 2.47. The van der Waals surface area contributed by atoms with Crippen LogP contribution >= 0.6 is 0 Å². The molecule has 0 rings (SSSR count). The lowest BCUT2D eigenvalue weighted by Crippen LogP contribution is -2.48. The van der Waals surface area contributed by atoms with Gasteiger partial charge in [-0.3, -0.25) is 9.59 Å². The maximum Gasteiger partial charge on any atom is 0.392 e. The Morgan fingerprint density at radius 3 is 2.31 bits per heavy atom. The van der Waals surface area contributed by atoms with Crippen molar-refractivity contribution in [3.8, 4) is 0 Å². The number of methoxy groups -OCH3 is 1. The van der Waals surface area contributed by atoms with Crippen molar-refractivity contribution in [2.45, 2.75) is 64.0 Å². The topological polar surface area (TPSA) is 118 Å². The van der Waals surface area contributed by atoms with Gasteiger partial charge in [0.15, 0.2) is 0 Å². The highest BCUT2D eigenvalue weighted by Gasteiger charge is 2.40. The van der Waals surface area contributed by atoms with Gasteiger partial charge in [0.2, 0.25) is 11.7 Å². The number of Topliss-reactive ketones (excluding diaryl/α,β-unsaturated/α-hetero) is 1. The predicted molar refractivity (Wildman–Crippen MR) is 83.2 cm³/mol. The van der Waals surface area contributed by atoms with Gasteiger partial charge < -0.3 is 20.3 Å². The minimum absolute atomic E-state index is 0.256. The van der Waals surface area contributed by atoms with Crippen LogP contribution in [0.15, 0.2) is 0 Å². The van der Waals surface area contributed by atoms with Gasteiger partial charge in [0.1, 0.15) is 17.7 Å². The van der Waals surface area contributed by atoms with E-state index in [4.69, 9.17) is 15.0 Å². The van der Waals surface area contributed by atoms with E-state index < -0.39 is 48.0 Å². The molecule has 26 heavy (non-hydrogen) atoms. The first-order valence-corrected chi connectivity index (χ1v) is 7.64. The number of alkyl halides is 3. The third-order valence-corrected chi connectivity index (χ3v) is 3.21. The zero-order chi connectivity index (χ0) is 20.5. The number of halogens is 3. The van der Waals surface area contributed by atoms with Crippen LogP contribution in [0.4, 0.5) is 13.2 Å². The minimum Gasteiger partial charge on any atom is -0.458 e. The van der Waals surface area contributed by atoms with Crippen LogP contribution in [-0.4, -0.2) is 59.7 Å². The lowest BCUT2D eigenvalue weighted by molar-refractivity contribution is -0.190. The van der Waals surface area contributed by atoms with Gasteiger partial charge in [-0.25, -0.2) is 4.79 Å². The lowest BCUT2D eigenvalue weighted by Gasteiger charge is -2.29. The molecule has 0 aliphatic heterocycles. The highest BCUT2D eigenvalue weighted by molar-refractivity contribution is 6.25. The van der Waals surface area contributed by atoms with E-state index in [-0.39, 0.29) is 12.8 Å². The number of carbonyl (C=O) groups excluding carboxylic acids is 3. The van der Waals surface area contributed by atoms with Crippen LogP contribution in [0.3, 0.4) is 0 Å². The van der Waals surface area contributed by atoms with Crippen LogP contribution in [0.2, 0.25) is 0 Å². The number of carbonyl (C=O) groups is 3. The number of hydrogen-bond donors (Lipinski definition) is 1. The second-order valence-electron chi connectivity index (χ2n) is 6.16. The molecule has 0 saturated carbocycles. The Hall–Kier alpha value is -2.26. The summed E-state index contributed by atoms with van der Waals surface area (Å²) in [6.45, 7) is 3.56. The number of nitrogens with one attached hydrogen (secondary N) is 1. The monoisotopic (exact) mass is 381 g/mol. The number of nitrogens with zero attached hydrogens (tertiary/aromatic N) is 2. The molecule has 0 aliphatic rings. The van der Waals surface area contributed by atoms with Crippen LogP contribution < -0.4 is 5.32 Å². The van der Waals surface area contributed by atoms with Crippen LogP contribution in [0.1, 0.15) is 40.0 Å². The number of ketones is 1. The first-order chi connectivity index (χ1) is 11.8. The van der Waals surface area contributed by atoms with E-state index in [0.29, 0.717) is 6.21 Å². The molecular weight excluding hydrogens is 359 g/mol. The summed E-state index contributed by atoms with van der Waals surface area (Å²) >= 11 is 0. The zero-order valence-electron chi connectivity index (χ0n) is 14.9. The van der Waals surface area contributed by atoms with Gasteiger partial charge in [0.05, 0.1) is 6.42 Å². The number of amides is 1. The van der Waals surface area contributed by atoms with E-state index in [1.807, 2.05) is 0 Å². The Balaban J connectivity index is 5.16. The molecular formula is C15H22F3N3O5. The number of ether oxygens (including phenoxy) is 2. The molecule has 11 heteroatoms. The van der Waals surface area contributed by atoms with E-state index in [1.54, 1.807) is 0 Å². The number of rotatable bonds is 10. The molecule has 0 spiro atoms. The van der Waals surface area contributed by atoms with E-state index in [0.717, 1.165) is 13.8 Å². The summed E-state index contributed by atoms with van der Waals surface area (Å²) in [5.41, 5.74) is 6.43. The van der Waals surface area contributed by atoms with Crippen LogP contribution in [0.5, 0.6) is 0 Å². The molecule has 148 valence electrons. The third-order valence-electron chi connectivity index (χ3n) is 3.21. The SMILES string of the molecule is CO[C@H](C)C(=O)N[C@@H](CCC(=O)C=[N+]=[N-])C(=O)OC(C)(C)CC(F)(F)F. The van der Waals surface area contributed by atoms with E-state index in [2.05, 4.69) is 10.1 Å². The summed E-state index contributed by atoms with van der Waals surface area (Å²) in [6, 6.07) is -1.37. The molecule has 8 nitrogen and oxygen atoms in total. The number of esters is 1. The fourth-order valence-electron chi connectivity index (χ4n) is 1.92. The standard InChI is InChI=1S/C15H22F3N3O5/c1-9(25-4)12(23)21-11(6-5-10(22)7-20-19)13(24)26-14(2,3)8-15(16,17)18/h7,9,11H,5-6,8H2,1-4H3,(H,21,23)/t9-,11+/m1/s1. The molecule has 0 aromatic heterocycles. The van der Waals surface area contributed by atoms with Crippen molar-refractivity contribution in [2.75, 3.05) is 7.11 Å². The van der Waals surface area contributed by atoms with E-state index in [9.17, 15) is 27.6 Å². The van der Waals surface area contributed by atoms with Crippen molar-refractivity contribution >= 4 is 23.9 Å². The zero-order valence-corrected chi connectivity index (χ0v) is 14.9. The highest BCUT2D eigenvalue weighted by atomic mass is 19.4. The molecule has 0 bridgehead atoms. The van der Waals surface area contributed by atoms with Crippen molar-refractivity contribution in [1.29, 1.82) is 0 Å². The fraction of sp³-hybridized carbons (Fsp3) is 0.733. The van der Waals surface area contributed by atoms with Gasteiger partial charge >= 0.3 is 18.4 Å².